The number of unbranched alkanes of at least 4 members (excludes halogenated alkanes) is 1. The standard InChI is InChI=1S/C29H35FN4O.C11H17N.C9H20.C7H13NO.C5H12.C4H10.C2H4O.2C2H6/c1-19(16-20(2)27(10-13-32-5)29-28(30)17-26(31)18-33-29)21(3)34-14-11-25(12-15-34)24-8-6-23(7-9-24)22(4)35;1-5-10-7-6-9(2)11(8-10)12(3)4;1-4-7-9(6-3)8-5-2;1-6-2-3-7(9)8-5-4-6;1-4-5(2)3;1-3-4-2;1-2-3;2*1-2/h6-10,13,16-18,21,25H,2,11-12,14-15,31H2,1,3-5H3;6-8H,5H2,1-4H3;9H,4-8H2,1-3H3;6H,2-5H2,1H3,(H,8,9);5H,4H2,1-3H3;3-4H2,1-2H3;2H,1H3;2*1-2H3/b19-16+,27-10+,32-13?;;;;;;;;. The van der Waals surface area contributed by atoms with Gasteiger partial charge in [0.05, 0.1) is 11.9 Å². The summed E-state index contributed by atoms with van der Waals surface area (Å²) in [5.41, 5.74) is 14.7. The van der Waals surface area contributed by atoms with Crippen LogP contribution in [0.2, 0.25) is 0 Å². The van der Waals surface area contributed by atoms with Gasteiger partial charge in [-0.3, -0.25) is 24.5 Å². The molecule has 10 heteroatoms. The van der Waals surface area contributed by atoms with E-state index in [1.165, 1.54) is 92.9 Å². The third-order valence-electron chi connectivity index (χ3n) is 14.1. The molecule has 2 aliphatic heterocycles. The fraction of sp³-hybridized carbons (Fsp3) is 0.620. The Kier molecular flexibility index (Phi) is 53.6. The van der Waals surface area contributed by atoms with Crippen molar-refractivity contribution in [3.05, 3.63) is 118 Å². The summed E-state index contributed by atoms with van der Waals surface area (Å²) in [7, 11) is 5.83. The van der Waals surface area contributed by atoms with Crippen LogP contribution in [0.3, 0.4) is 0 Å². The third kappa shape index (κ3) is 39.0. The van der Waals surface area contributed by atoms with E-state index in [1.807, 2.05) is 45.9 Å². The number of hydrogen-bond acceptors (Lipinski definition) is 8. The molecular weight excluding hydrogens is 1000 g/mol. The number of nitrogen functional groups attached to an aromatic ring is 1. The molecule has 3 N–H and O–H groups in total. The predicted octanol–water partition coefficient (Wildman–Crippen LogP) is 19.1. The highest BCUT2D eigenvalue weighted by Crippen LogP contribution is 2.32. The molecule has 0 spiro atoms. The van der Waals surface area contributed by atoms with Crippen molar-refractivity contribution < 1.29 is 18.8 Å². The number of aldehydes is 1. The molecule has 2 atom stereocenters. The molecule has 3 heterocycles. The smallest absolute Gasteiger partial charge is 0.220 e. The highest BCUT2D eigenvalue weighted by molar-refractivity contribution is 5.94. The summed E-state index contributed by atoms with van der Waals surface area (Å²) >= 11 is 0. The third-order valence-corrected chi connectivity index (χ3v) is 14.1. The van der Waals surface area contributed by atoms with Gasteiger partial charge in [0.25, 0.3) is 0 Å². The van der Waals surface area contributed by atoms with Crippen molar-refractivity contribution in [2.75, 3.05) is 51.4 Å². The second-order valence-electron chi connectivity index (χ2n) is 21.2. The van der Waals surface area contributed by atoms with Crippen molar-refractivity contribution >= 4 is 41.1 Å². The number of rotatable bonds is 17. The van der Waals surface area contributed by atoms with Crippen LogP contribution < -0.4 is 16.0 Å². The van der Waals surface area contributed by atoms with Crippen molar-refractivity contribution in [1.82, 2.24) is 15.2 Å². The van der Waals surface area contributed by atoms with Gasteiger partial charge in [-0.1, -0.05) is 203 Å². The number of anilines is 2. The fourth-order valence-electron chi connectivity index (χ4n) is 8.30. The molecule has 2 fully saturated rings. The lowest BCUT2D eigenvalue weighted by Gasteiger charge is -2.37. The predicted molar refractivity (Wildman–Crippen MR) is 358 cm³/mol. The number of nitrogens with two attached hydrogens (primary N) is 1. The maximum absolute atomic E-state index is 14.6. The number of carbonyl (C=O) groups excluding carboxylic acids is 3. The SMILES string of the molecule is C=C(/C=C(\C)C(C)N1CCC(c2ccc(C(C)=O)cc2)CC1)/C(=C\C=NC)c1ncc(N)cc1F.CC.CC.CC1CCNC(=O)CC1.CC=O.CCC(C)C.CCCC.CCCC(CC)CCC.CCc1ccc(C)c(N(C)C)c1. The van der Waals surface area contributed by atoms with E-state index in [0.717, 1.165) is 93.3 Å². The van der Waals surface area contributed by atoms with Crippen molar-refractivity contribution in [1.29, 1.82) is 0 Å². The second kappa shape index (κ2) is 52.8. The lowest BCUT2D eigenvalue weighted by Crippen LogP contribution is -2.40. The van der Waals surface area contributed by atoms with Gasteiger partial charge in [-0.15, -0.1) is 0 Å². The second-order valence-corrected chi connectivity index (χ2v) is 21.2. The number of aliphatic imine (C=N–C) groups is 1. The molecule has 0 bridgehead atoms. The Balaban J connectivity index is -0.000000522. The number of ketones is 1. The Morgan fingerprint density at radius 1 is 0.877 bits per heavy atom. The zero-order valence-electron chi connectivity index (χ0n) is 56.1. The van der Waals surface area contributed by atoms with Crippen LogP contribution in [0.25, 0.3) is 5.57 Å². The monoisotopic (exact) mass is 1130 g/mol. The molecule has 81 heavy (non-hydrogen) atoms. The van der Waals surface area contributed by atoms with Crippen LogP contribution in [0.1, 0.15) is 247 Å². The summed E-state index contributed by atoms with van der Waals surface area (Å²) in [5.74, 6) is 2.96. The normalized spacial score (nSPS) is 14.5. The summed E-state index contributed by atoms with van der Waals surface area (Å²) in [6.07, 6.45) is 24.6. The zero-order valence-corrected chi connectivity index (χ0v) is 56.1. The number of Topliss-reactive ketones (excluding diaryl/α,β-unsaturated/α-hetero) is 1. The van der Waals surface area contributed by atoms with Crippen LogP contribution in [-0.4, -0.2) is 80.9 Å². The number of nitrogens with one attached hydrogen (secondary N) is 1. The van der Waals surface area contributed by atoms with Crippen molar-refractivity contribution in [2.24, 2.45) is 22.7 Å². The fourth-order valence-corrected chi connectivity index (χ4v) is 8.30. The first kappa shape index (κ1) is 82.2. The first-order valence-corrected chi connectivity index (χ1v) is 31.3. The number of aromatic nitrogens is 1. The van der Waals surface area contributed by atoms with E-state index in [9.17, 15) is 14.0 Å². The van der Waals surface area contributed by atoms with Crippen molar-refractivity contribution in [2.45, 2.75) is 233 Å². The van der Waals surface area contributed by atoms with Crippen molar-refractivity contribution in [3.8, 4) is 0 Å². The molecule has 0 aliphatic carbocycles. The molecule has 5 rings (SSSR count). The zero-order chi connectivity index (χ0) is 62.9. The summed E-state index contributed by atoms with van der Waals surface area (Å²) < 4.78 is 14.6. The van der Waals surface area contributed by atoms with E-state index >= 15 is 0 Å². The van der Waals surface area contributed by atoms with Crippen LogP contribution in [0.15, 0.2) is 89.6 Å². The number of piperidine rings is 1. The van der Waals surface area contributed by atoms with Crippen LogP contribution in [0, 0.1) is 30.5 Å². The highest BCUT2D eigenvalue weighted by Gasteiger charge is 2.25. The number of nitrogens with zero attached hydrogens (tertiary/aromatic N) is 4. The molecule has 462 valence electrons. The molecule has 1 aromatic heterocycles. The molecular formula is C71H123FN6O3. The quantitative estimate of drug-likeness (QED) is 0.0598. The van der Waals surface area contributed by atoms with Gasteiger partial charge in [0, 0.05) is 69.3 Å². The Morgan fingerprint density at radius 3 is 1.85 bits per heavy atom. The van der Waals surface area contributed by atoms with E-state index in [-0.39, 0.29) is 29.1 Å². The van der Waals surface area contributed by atoms with Gasteiger partial charge in [-0.2, -0.15) is 0 Å². The maximum atomic E-state index is 14.6. The summed E-state index contributed by atoms with van der Waals surface area (Å²) in [4.78, 5) is 43.9. The topological polar surface area (TPSA) is 121 Å². The number of pyridine rings is 1. The van der Waals surface area contributed by atoms with Gasteiger partial charge in [0.2, 0.25) is 5.91 Å². The Bertz CT molecular complexity index is 2150. The van der Waals surface area contributed by atoms with Gasteiger partial charge in [-0.25, -0.2) is 4.39 Å². The molecule has 0 saturated carbocycles. The molecule has 2 aromatic carbocycles. The number of allylic oxidation sites excluding steroid dienone is 4. The molecule has 0 radical (unpaired) electrons. The van der Waals surface area contributed by atoms with Gasteiger partial charge in [0.1, 0.15) is 12.0 Å². The lowest BCUT2D eigenvalue weighted by molar-refractivity contribution is -0.120. The Morgan fingerprint density at radius 2 is 1.42 bits per heavy atom. The average Bonchev–Trinajstić information content (AvgIpc) is 3.67. The van der Waals surface area contributed by atoms with Crippen LogP contribution in [0.5, 0.6) is 0 Å². The first-order chi connectivity index (χ1) is 38.6. The number of amides is 1. The summed E-state index contributed by atoms with van der Waals surface area (Å²) in [5, 5.41) is 2.84. The van der Waals surface area contributed by atoms with Crippen LogP contribution in [0.4, 0.5) is 15.8 Å². The van der Waals surface area contributed by atoms with Gasteiger partial charge < -0.3 is 20.7 Å². The molecule has 9 nitrogen and oxygen atoms in total. The van der Waals surface area contributed by atoms with E-state index in [0.29, 0.717) is 17.1 Å². The van der Waals surface area contributed by atoms with Gasteiger partial charge in [0.15, 0.2) is 11.6 Å². The number of hydrogen-bond donors (Lipinski definition) is 2. The van der Waals surface area contributed by atoms with Gasteiger partial charge in [-0.05, 0) is 138 Å². The molecule has 2 unspecified atom stereocenters. The minimum atomic E-state index is -0.487. The van der Waals surface area contributed by atoms with E-state index < -0.39 is 5.82 Å². The van der Waals surface area contributed by atoms with Gasteiger partial charge >= 0.3 is 0 Å². The van der Waals surface area contributed by atoms with Crippen LogP contribution in [-0.2, 0) is 16.0 Å². The minimum Gasteiger partial charge on any atom is -0.397 e. The number of likely N-dealkylation sites (tertiary alicyclic amines) is 1. The molecule has 3 aromatic rings. The minimum absolute atomic E-state index is 0.0962. The maximum Gasteiger partial charge on any atom is 0.220 e. The number of carbonyl (C=O) groups is 3. The molecule has 1 amide bonds. The van der Waals surface area contributed by atoms with Crippen LogP contribution >= 0.6 is 0 Å². The number of benzene rings is 2. The molecule has 2 aliphatic rings. The first-order valence-electron chi connectivity index (χ1n) is 31.3. The van der Waals surface area contributed by atoms with Crippen molar-refractivity contribution in [3.63, 3.8) is 0 Å². The molecule has 2 saturated heterocycles. The number of aryl methyl sites for hydroxylation is 2. The van der Waals surface area contributed by atoms with E-state index in [4.69, 9.17) is 10.5 Å². The van der Waals surface area contributed by atoms with E-state index in [2.05, 4.69) is 166 Å². The largest absolute Gasteiger partial charge is 0.397 e. The lowest BCUT2D eigenvalue weighted by atomic mass is 9.87. The Labute approximate surface area is 498 Å². The average molecular weight is 1130 g/mol. The Hall–Kier alpha value is -5.22. The number of halogens is 1. The summed E-state index contributed by atoms with van der Waals surface area (Å²) in [6, 6.07) is 16.2. The highest BCUT2D eigenvalue weighted by atomic mass is 19.1. The summed E-state index contributed by atoms with van der Waals surface area (Å²) in [6.45, 7) is 46.7. The van der Waals surface area contributed by atoms with E-state index in [1.54, 1.807) is 26.3 Å².